The summed E-state index contributed by atoms with van der Waals surface area (Å²) in [6, 6.07) is 3.38. The Kier molecular flexibility index (Phi) is 5.86. The monoisotopic (exact) mass is 337 g/mol. The van der Waals surface area contributed by atoms with Gasteiger partial charge in [0, 0.05) is 37.9 Å². The molecule has 3 rings (SSSR count). The average Bonchev–Trinajstić information content (AvgIpc) is 2.61. The van der Waals surface area contributed by atoms with Crippen molar-refractivity contribution >= 4 is 17.5 Å². The number of carbonyl (C=O) groups is 1. The van der Waals surface area contributed by atoms with Gasteiger partial charge in [-0.05, 0) is 43.9 Å². The van der Waals surface area contributed by atoms with Gasteiger partial charge in [-0.25, -0.2) is 4.98 Å². The number of likely N-dealkylation sites (tertiary alicyclic amines) is 1. The van der Waals surface area contributed by atoms with E-state index in [1.807, 2.05) is 4.90 Å². The molecule has 126 valence electrons. The molecule has 0 spiro atoms. The van der Waals surface area contributed by atoms with Crippen LogP contribution in [0, 0.1) is 5.92 Å². The fourth-order valence-corrected chi connectivity index (χ4v) is 3.51. The van der Waals surface area contributed by atoms with Crippen LogP contribution in [0.15, 0.2) is 18.3 Å². The van der Waals surface area contributed by atoms with Crippen LogP contribution >= 0.6 is 11.6 Å². The molecule has 2 saturated heterocycles. The van der Waals surface area contributed by atoms with Crippen LogP contribution in [0.1, 0.15) is 29.6 Å². The fraction of sp³-hybridized carbons (Fsp3) is 0.647. The molecule has 0 aromatic carbocycles. The van der Waals surface area contributed by atoms with E-state index in [0.29, 0.717) is 10.7 Å². The average molecular weight is 338 g/mol. The Morgan fingerprint density at radius 3 is 2.70 bits per heavy atom. The zero-order chi connectivity index (χ0) is 16.1. The Hall–Kier alpha value is -1.17. The van der Waals surface area contributed by atoms with Gasteiger partial charge in [0.25, 0.3) is 5.91 Å². The molecule has 6 heteroatoms. The summed E-state index contributed by atoms with van der Waals surface area (Å²) < 4.78 is 5.38. The van der Waals surface area contributed by atoms with Crippen LogP contribution in [0.2, 0.25) is 5.15 Å². The highest BCUT2D eigenvalue weighted by Gasteiger charge is 2.24. The Bertz CT molecular complexity index is 526. The first kappa shape index (κ1) is 16.7. The Morgan fingerprint density at radius 2 is 2.00 bits per heavy atom. The molecule has 23 heavy (non-hydrogen) atoms. The first-order valence-electron chi connectivity index (χ1n) is 8.43. The van der Waals surface area contributed by atoms with E-state index >= 15 is 0 Å². The summed E-state index contributed by atoms with van der Waals surface area (Å²) in [6.45, 7) is 6.67. The molecule has 2 aliphatic heterocycles. The van der Waals surface area contributed by atoms with Gasteiger partial charge in [0.05, 0.1) is 13.2 Å². The topological polar surface area (TPSA) is 45.7 Å². The summed E-state index contributed by atoms with van der Waals surface area (Å²) in [7, 11) is 0. The number of pyridine rings is 1. The van der Waals surface area contributed by atoms with Gasteiger partial charge in [-0.3, -0.25) is 9.69 Å². The summed E-state index contributed by atoms with van der Waals surface area (Å²) in [4.78, 5) is 20.8. The third kappa shape index (κ3) is 4.66. The van der Waals surface area contributed by atoms with Crippen molar-refractivity contribution in [2.24, 2.45) is 5.92 Å². The highest BCUT2D eigenvalue weighted by Crippen LogP contribution is 2.22. The van der Waals surface area contributed by atoms with Gasteiger partial charge in [-0.15, -0.1) is 0 Å². The highest BCUT2D eigenvalue weighted by atomic mass is 35.5. The van der Waals surface area contributed by atoms with Crippen LogP contribution in [-0.4, -0.2) is 66.6 Å². The number of amides is 1. The van der Waals surface area contributed by atoms with Crippen molar-refractivity contribution in [3.63, 3.8) is 0 Å². The molecule has 0 aliphatic carbocycles. The molecule has 0 atom stereocenters. The molecular formula is C17H24ClN3O2. The quantitative estimate of drug-likeness (QED) is 0.791. The number of halogens is 1. The zero-order valence-corrected chi connectivity index (χ0v) is 14.2. The molecule has 2 fully saturated rings. The second-order valence-corrected chi connectivity index (χ2v) is 6.73. The van der Waals surface area contributed by atoms with Gasteiger partial charge in [0.1, 0.15) is 5.15 Å². The molecule has 0 unspecified atom stereocenters. The van der Waals surface area contributed by atoms with Gasteiger partial charge < -0.3 is 9.64 Å². The summed E-state index contributed by atoms with van der Waals surface area (Å²) in [5, 5.41) is 0.372. The summed E-state index contributed by atoms with van der Waals surface area (Å²) in [5.41, 5.74) is 0.636. The van der Waals surface area contributed by atoms with Crippen LogP contribution in [0.4, 0.5) is 0 Å². The number of nitrogens with zero attached hydrogens (tertiary/aromatic N) is 3. The van der Waals surface area contributed by atoms with E-state index in [4.69, 9.17) is 16.3 Å². The minimum atomic E-state index is 0.0703. The molecular weight excluding hydrogens is 314 g/mol. The van der Waals surface area contributed by atoms with Gasteiger partial charge in [-0.1, -0.05) is 11.6 Å². The molecule has 0 N–H and O–H groups in total. The van der Waals surface area contributed by atoms with E-state index in [9.17, 15) is 4.79 Å². The lowest BCUT2D eigenvalue weighted by molar-refractivity contribution is 0.0332. The number of piperidine rings is 1. The number of aromatic nitrogens is 1. The Labute approximate surface area is 142 Å². The minimum absolute atomic E-state index is 0.0703. The van der Waals surface area contributed by atoms with E-state index in [0.717, 1.165) is 64.7 Å². The molecule has 1 aromatic rings. The molecule has 1 amide bonds. The Morgan fingerprint density at radius 1 is 1.26 bits per heavy atom. The minimum Gasteiger partial charge on any atom is -0.379 e. The molecule has 5 nitrogen and oxygen atoms in total. The van der Waals surface area contributed by atoms with Crippen LogP contribution in [-0.2, 0) is 4.74 Å². The third-order valence-corrected chi connectivity index (χ3v) is 5.04. The first-order chi connectivity index (χ1) is 11.2. The lowest BCUT2D eigenvalue weighted by atomic mass is 9.93. The van der Waals surface area contributed by atoms with Gasteiger partial charge in [0.2, 0.25) is 0 Å². The number of carbonyl (C=O) groups excluding carboxylic acids is 1. The molecule has 1 aromatic heterocycles. The van der Waals surface area contributed by atoms with Crippen LogP contribution in [0.5, 0.6) is 0 Å². The summed E-state index contributed by atoms with van der Waals surface area (Å²) >= 11 is 5.87. The van der Waals surface area contributed by atoms with Crippen LogP contribution in [0.25, 0.3) is 0 Å². The lowest BCUT2D eigenvalue weighted by Crippen LogP contribution is -2.40. The van der Waals surface area contributed by atoms with Crippen molar-refractivity contribution in [3.8, 4) is 0 Å². The van der Waals surface area contributed by atoms with Crippen molar-refractivity contribution in [3.05, 3.63) is 29.0 Å². The summed E-state index contributed by atoms with van der Waals surface area (Å²) in [6.07, 6.45) is 5.00. The summed E-state index contributed by atoms with van der Waals surface area (Å²) in [5.74, 6) is 0.795. The molecule has 0 radical (unpaired) electrons. The van der Waals surface area contributed by atoms with Gasteiger partial charge in [0.15, 0.2) is 0 Å². The first-order valence-corrected chi connectivity index (χ1v) is 8.81. The number of hydrogen-bond acceptors (Lipinski definition) is 4. The standard InChI is InChI=1S/C17H24ClN3O2/c18-16-13-15(1-5-19-16)17(22)21-7-3-14(4-8-21)2-6-20-9-11-23-12-10-20/h1,5,13-14H,2-4,6-12H2. The molecule has 0 saturated carbocycles. The van der Waals surface area contributed by atoms with Crippen LogP contribution in [0.3, 0.4) is 0 Å². The second kappa shape index (κ2) is 8.08. The third-order valence-electron chi connectivity index (χ3n) is 4.83. The van der Waals surface area contributed by atoms with Crippen molar-refractivity contribution in [2.75, 3.05) is 45.9 Å². The smallest absolute Gasteiger partial charge is 0.254 e. The van der Waals surface area contributed by atoms with Gasteiger partial charge >= 0.3 is 0 Å². The van der Waals surface area contributed by atoms with Crippen molar-refractivity contribution in [2.45, 2.75) is 19.3 Å². The van der Waals surface area contributed by atoms with E-state index in [1.54, 1.807) is 18.3 Å². The van der Waals surface area contributed by atoms with E-state index in [2.05, 4.69) is 9.88 Å². The van der Waals surface area contributed by atoms with E-state index in [1.165, 1.54) is 6.42 Å². The lowest BCUT2D eigenvalue weighted by Gasteiger charge is -2.34. The fourth-order valence-electron chi connectivity index (χ4n) is 3.33. The maximum Gasteiger partial charge on any atom is 0.254 e. The number of ether oxygens (including phenoxy) is 1. The van der Waals surface area contributed by atoms with E-state index in [-0.39, 0.29) is 5.91 Å². The number of hydrogen-bond donors (Lipinski definition) is 0. The maximum atomic E-state index is 12.5. The highest BCUT2D eigenvalue weighted by molar-refractivity contribution is 6.29. The number of rotatable bonds is 4. The number of morpholine rings is 1. The van der Waals surface area contributed by atoms with Gasteiger partial charge in [-0.2, -0.15) is 0 Å². The molecule has 3 heterocycles. The largest absolute Gasteiger partial charge is 0.379 e. The van der Waals surface area contributed by atoms with Crippen molar-refractivity contribution < 1.29 is 9.53 Å². The predicted octanol–water partition coefficient (Wildman–Crippen LogP) is 2.31. The van der Waals surface area contributed by atoms with Crippen molar-refractivity contribution in [1.82, 2.24) is 14.8 Å². The maximum absolute atomic E-state index is 12.5. The SMILES string of the molecule is O=C(c1ccnc(Cl)c1)N1CCC(CCN2CCOCC2)CC1. The molecule has 0 bridgehead atoms. The zero-order valence-electron chi connectivity index (χ0n) is 13.4. The Balaban J connectivity index is 1.43. The van der Waals surface area contributed by atoms with Crippen LogP contribution < -0.4 is 0 Å². The van der Waals surface area contributed by atoms with Crippen molar-refractivity contribution in [1.29, 1.82) is 0 Å². The predicted molar refractivity (Wildman–Crippen MR) is 89.8 cm³/mol. The van der Waals surface area contributed by atoms with E-state index < -0.39 is 0 Å². The molecule has 2 aliphatic rings. The second-order valence-electron chi connectivity index (χ2n) is 6.35. The normalized spacial score (nSPS) is 20.7.